The fourth-order valence-corrected chi connectivity index (χ4v) is 5.04. The molecule has 1 fully saturated rings. The largest absolute Gasteiger partial charge is 0.377 e. The van der Waals surface area contributed by atoms with Crippen LogP contribution >= 0.6 is 22.9 Å². The third kappa shape index (κ3) is 4.87. The summed E-state index contributed by atoms with van der Waals surface area (Å²) in [6, 6.07) is 14.4. The first-order valence-electron chi connectivity index (χ1n) is 10.4. The highest BCUT2D eigenvalue weighted by molar-refractivity contribution is 7.17. The summed E-state index contributed by atoms with van der Waals surface area (Å²) in [5.74, 6) is 1.43. The van der Waals surface area contributed by atoms with Crippen molar-refractivity contribution in [2.24, 2.45) is 5.92 Å². The highest BCUT2D eigenvalue weighted by Gasteiger charge is 2.22. The molecule has 0 unspecified atom stereocenters. The number of amides is 1. The Hall–Kier alpha value is -2.31. The van der Waals surface area contributed by atoms with Crippen molar-refractivity contribution in [2.45, 2.75) is 31.7 Å². The Morgan fingerprint density at radius 1 is 1.17 bits per heavy atom. The number of thiophene rings is 1. The van der Waals surface area contributed by atoms with Gasteiger partial charge < -0.3 is 15.5 Å². The summed E-state index contributed by atoms with van der Waals surface area (Å²) < 4.78 is 0.645. The zero-order chi connectivity index (χ0) is 21.1. The summed E-state index contributed by atoms with van der Waals surface area (Å²) in [4.78, 5) is 19.8. The number of hydrogen-bond acceptors (Lipinski definition) is 5. The molecule has 30 heavy (non-hydrogen) atoms. The number of anilines is 2. The molecule has 1 saturated carbocycles. The summed E-state index contributed by atoms with van der Waals surface area (Å²) in [5, 5.41) is 7.87. The number of carbonyl (C=O) groups excluding carboxylic acids is 1. The average molecular weight is 443 g/mol. The molecular weight excluding hydrogens is 416 g/mol. The van der Waals surface area contributed by atoms with Crippen LogP contribution in [0.5, 0.6) is 0 Å². The Morgan fingerprint density at radius 2 is 1.93 bits per heavy atom. The predicted molar refractivity (Wildman–Crippen MR) is 127 cm³/mol. The van der Waals surface area contributed by atoms with Crippen molar-refractivity contribution >= 4 is 51.3 Å². The number of para-hydroxylation sites is 1. The molecule has 0 aliphatic heterocycles. The molecule has 5 nitrogen and oxygen atoms in total. The van der Waals surface area contributed by atoms with Gasteiger partial charge in [0.2, 0.25) is 0 Å². The van der Waals surface area contributed by atoms with E-state index in [4.69, 9.17) is 16.6 Å². The van der Waals surface area contributed by atoms with Gasteiger partial charge in [-0.15, -0.1) is 11.3 Å². The quantitative estimate of drug-likeness (QED) is 0.535. The lowest BCUT2D eigenvalue weighted by atomic mass is 9.86. The lowest BCUT2D eigenvalue weighted by molar-refractivity contribution is 0.0947. The van der Waals surface area contributed by atoms with Crippen molar-refractivity contribution in [1.82, 2.24) is 10.3 Å². The summed E-state index contributed by atoms with van der Waals surface area (Å²) in [6.07, 6.45) is 4.35. The van der Waals surface area contributed by atoms with E-state index in [1.54, 1.807) is 12.1 Å². The van der Waals surface area contributed by atoms with Crippen LogP contribution < -0.4 is 15.5 Å². The molecule has 1 aromatic carbocycles. The molecule has 0 bridgehead atoms. The highest BCUT2D eigenvalue weighted by Crippen LogP contribution is 2.30. The minimum atomic E-state index is -0.0243. The zero-order valence-corrected chi connectivity index (χ0v) is 18.9. The summed E-state index contributed by atoms with van der Waals surface area (Å²) in [5.41, 5.74) is 2.18. The minimum absolute atomic E-state index is 0.0243. The van der Waals surface area contributed by atoms with Gasteiger partial charge in [0, 0.05) is 43.8 Å². The summed E-state index contributed by atoms with van der Waals surface area (Å²) >= 11 is 7.24. The van der Waals surface area contributed by atoms with Gasteiger partial charge in [0.05, 0.1) is 14.7 Å². The second-order valence-electron chi connectivity index (χ2n) is 8.11. The molecule has 1 aliphatic carbocycles. The van der Waals surface area contributed by atoms with Gasteiger partial charge in [-0.1, -0.05) is 29.8 Å². The van der Waals surface area contributed by atoms with Crippen molar-refractivity contribution < 1.29 is 4.79 Å². The number of benzene rings is 1. The highest BCUT2D eigenvalue weighted by atomic mass is 35.5. The molecule has 0 atom stereocenters. The van der Waals surface area contributed by atoms with Gasteiger partial charge in [0.15, 0.2) is 0 Å². The van der Waals surface area contributed by atoms with Crippen LogP contribution in [0.15, 0.2) is 42.5 Å². The van der Waals surface area contributed by atoms with Crippen LogP contribution in [0.2, 0.25) is 4.34 Å². The maximum Gasteiger partial charge on any atom is 0.261 e. The molecule has 1 aliphatic rings. The molecule has 1 amide bonds. The number of hydrogen-bond donors (Lipinski definition) is 2. The topological polar surface area (TPSA) is 57.3 Å². The minimum Gasteiger partial charge on any atom is -0.377 e. The van der Waals surface area contributed by atoms with E-state index in [-0.39, 0.29) is 5.91 Å². The Morgan fingerprint density at radius 3 is 2.63 bits per heavy atom. The van der Waals surface area contributed by atoms with Crippen molar-refractivity contribution in [3.05, 3.63) is 51.7 Å². The van der Waals surface area contributed by atoms with Crippen LogP contribution in [0, 0.1) is 5.92 Å². The van der Waals surface area contributed by atoms with Crippen LogP contribution in [0.4, 0.5) is 11.5 Å². The predicted octanol–water partition coefficient (Wildman–Crippen LogP) is 5.42. The van der Waals surface area contributed by atoms with Crippen LogP contribution in [-0.4, -0.2) is 37.6 Å². The first-order chi connectivity index (χ1) is 14.5. The lowest BCUT2D eigenvalue weighted by Gasteiger charge is -2.30. The van der Waals surface area contributed by atoms with E-state index in [2.05, 4.69) is 53.9 Å². The van der Waals surface area contributed by atoms with E-state index < -0.39 is 0 Å². The lowest BCUT2D eigenvalue weighted by Crippen LogP contribution is -2.33. The maximum atomic E-state index is 12.2. The monoisotopic (exact) mass is 442 g/mol. The first kappa shape index (κ1) is 20.9. The fourth-order valence-electron chi connectivity index (χ4n) is 4.08. The van der Waals surface area contributed by atoms with Gasteiger partial charge >= 0.3 is 0 Å². The van der Waals surface area contributed by atoms with Crippen LogP contribution in [-0.2, 0) is 0 Å². The molecule has 0 saturated heterocycles. The Kier molecular flexibility index (Phi) is 6.44. The van der Waals surface area contributed by atoms with Gasteiger partial charge in [-0.25, -0.2) is 4.98 Å². The Bertz CT molecular complexity index is 1030. The van der Waals surface area contributed by atoms with Crippen molar-refractivity contribution in [3.63, 3.8) is 0 Å². The van der Waals surface area contributed by atoms with E-state index in [9.17, 15) is 4.79 Å². The summed E-state index contributed by atoms with van der Waals surface area (Å²) in [6.45, 7) is 0.722. The van der Waals surface area contributed by atoms with Crippen molar-refractivity contribution in [2.75, 3.05) is 30.9 Å². The third-order valence-electron chi connectivity index (χ3n) is 5.72. The molecule has 2 N–H and O–H groups in total. The molecule has 2 heterocycles. The van der Waals surface area contributed by atoms with E-state index in [1.807, 2.05) is 6.07 Å². The van der Waals surface area contributed by atoms with Gasteiger partial charge in [-0.3, -0.25) is 4.79 Å². The number of fused-ring (bicyclic) bond motifs is 1. The zero-order valence-electron chi connectivity index (χ0n) is 17.3. The van der Waals surface area contributed by atoms with Crippen molar-refractivity contribution in [1.29, 1.82) is 0 Å². The number of nitrogens with one attached hydrogen (secondary N) is 2. The standard InChI is InChI=1S/C23H27ClN4OS/c1-28(2)19-13-22(27-18-6-4-3-5-17(18)19)26-16-9-7-15(8-10-16)14-25-23(29)20-11-12-21(24)30-20/h3-6,11-13,15-16H,7-10,14H2,1-2H3,(H,25,29)(H,26,27)/t15-,16+. The van der Waals surface area contributed by atoms with E-state index >= 15 is 0 Å². The number of nitrogens with zero attached hydrogens (tertiary/aromatic N) is 2. The molecule has 3 aromatic rings. The Balaban J connectivity index is 1.32. The number of rotatable bonds is 6. The second kappa shape index (κ2) is 9.23. The van der Waals surface area contributed by atoms with Crippen LogP contribution in [0.3, 0.4) is 0 Å². The van der Waals surface area contributed by atoms with Crippen LogP contribution in [0.25, 0.3) is 10.9 Å². The number of aromatic nitrogens is 1. The molecule has 0 spiro atoms. The first-order valence-corrected chi connectivity index (χ1v) is 11.6. The second-order valence-corrected chi connectivity index (χ2v) is 9.83. The SMILES string of the molecule is CN(C)c1cc(N[C@H]2CC[C@@H](CNC(=O)c3ccc(Cl)s3)CC2)nc2ccccc12. The third-order valence-corrected chi connectivity index (χ3v) is 6.95. The normalized spacial score (nSPS) is 18.9. The summed E-state index contributed by atoms with van der Waals surface area (Å²) in [7, 11) is 4.13. The van der Waals surface area contributed by atoms with Gasteiger partial charge in [0.25, 0.3) is 5.91 Å². The maximum absolute atomic E-state index is 12.2. The van der Waals surface area contributed by atoms with E-state index in [0.717, 1.165) is 43.6 Å². The molecule has 2 aromatic heterocycles. The fraction of sp³-hybridized carbons (Fsp3) is 0.391. The number of pyridine rings is 1. The number of halogens is 1. The van der Waals surface area contributed by atoms with E-state index in [1.165, 1.54) is 22.4 Å². The average Bonchev–Trinajstić information content (AvgIpc) is 3.19. The molecule has 7 heteroatoms. The molecule has 0 radical (unpaired) electrons. The van der Waals surface area contributed by atoms with Crippen LogP contribution in [0.1, 0.15) is 35.4 Å². The molecule has 4 rings (SSSR count). The van der Waals surface area contributed by atoms with Gasteiger partial charge in [-0.2, -0.15) is 0 Å². The van der Waals surface area contributed by atoms with Gasteiger partial charge in [-0.05, 0) is 49.8 Å². The number of carbonyl (C=O) groups is 1. The van der Waals surface area contributed by atoms with Gasteiger partial charge in [0.1, 0.15) is 5.82 Å². The smallest absolute Gasteiger partial charge is 0.261 e. The van der Waals surface area contributed by atoms with E-state index in [0.29, 0.717) is 21.2 Å². The molecular formula is C23H27ClN4OS. The van der Waals surface area contributed by atoms with Crippen molar-refractivity contribution in [3.8, 4) is 0 Å². The Labute approximate surface area is 186 Å². The molecule has 158 valence electrons.